The Morgan fingerprint density at radius 3 is 2.40 bits per heavy atom. The van der Waals surface area contributed by atoms with Gasteiger partial charge < -0.3 is 5.11 Å². The first-order chi connectivity index (χ1) is 4.57. The van der Waals surface area contributed by atoms with Crippen LogP contribution in [0, 0.1) is 10.1 Å². The van der Waals surface area contributed by atoms with Crippen LogP contribution in [-0.2, 0) is 9.59 Å². The topological polar surface area (TPSA) is 97.5 Å². The van der Waals surface area contributed by atoms with E-state index in [4.69, 9.17) is 5.11 Å². The lowest BCUT2D eigenvalue weighted by atomic mass is 10.2. The number of carboxylic acids is 1. The Labute approximate surface area is 55.6 Å². The number of hydrogen-bond donors (Lipinski definition) is 1. The number of aliphatic carboxylic acids is 1. The van der Waals surface area contributed by atoms with E-state index in [1.807, 2.05) is 0 Å². The van der Waals surface area contributed by atoms with Crippen molar-refractivity contribution in [3.63, 3.8) is 0 Å². The Bertz CT molecular complexity index is 165. The molecule has 0 aliphatic rings. The van der Waals surface area contributed by atoms with Crippen LogP contribution in [0.15, 0.2) is 0 Å². The van der Waals surface area contributed by atoms with Crippen molar-refractivity contribution in [2.75, 3.05) is 0 Å². The lowest BCUT2D eigenvalue weighted by Crippen LogP contribution is -2.24. The van der Waals surface area contributed by atoms with Gasteiger partial charge in [-0.1, -0.05) is 0 Å². The molecule has 0 aromatic carbocycles. The number of rotatable bonds is 4. The molecule has 55 valence electrons. The minimum Gasteiger partial charge on any atom is -0.481 e. The first-order valence-electron chi connectivity index (χ1n) is 2.31. The van der Waals surface area contributed by atoms with E-state index in [1.165, 1.54) is 0 Å². The molecule has 1 unspecified atom stereocenters. The zero-order valence-corrected chi connectivity index (χ0v) is 4.81. The summed E-state index contributed by atoms with van der Waals surface area (Å²) in [7, 11) is 0. The molecule has 0 aromatic heterocycles. The Hall–Kier alpha value is -1.46. The van der Waals surface area contributed by atoms with Gasteiger partial charge in [0.05, 0.1) is 0 Å². The van der Waals surface area contributed by atoms with Crippen molar-refractivity contribution in [1.82, 2.24) is 0 Å². The fraction of sp³-hybridized carbons (Fsp3) is 0.500. The van der Waals surface area contributed by atoms with E-state index in [-0.39, 0.29) is 0 Å². The van der Waals surface area contributed by atoms with Gasteiger partial charge >= 0.3 is 5.97 Å². The second-order valence-electron chi connectivity index (χ2n) is 1.52. The minimum atomic E-state index is -1.74. The monoisotopic (exact) mass is 146 g/mol. The van der Waals surface area contributed by atoms with Crippen LogP contribution >= 0.6 is 0 Å². The predicted octanol–water partition coefficient (Wildman–Crippen LogP) is -0.784. The summed E-state index contributed by atoms with van der Waals surface area (Å²) in [6, 6.07) is -1.74. The summed E-state index contributed by atoms with van der Waals surface area (Å²) < 4.78 is 0. The van der Waals surface area contributed by atoms with Crippen LogP contribution in [0.2, 0.25) is 0 Å². The van der Waals surface area contributed by atoms with Crippen molar-refractivity contribution in [2.24, 2.45) is 0 Å². The van der Waals surface area contributed by atoms with Crippen molar-refractivity contribution in [3.8, 4) is 0 Å². The van der Waals surface area contributed by atoms with Crippen LogP contribution in [0.3, 0.4) is 0 Å². The molecule has 0 fully saturated rings. The number of carbonyl (C=O) groups is 1. The van der Waals surface area contributed by atoms with Gasteiger partial charge in [0.1, 0.15) is 6.42 Å². The summed E-state index contributed by atoms with van der Waals surface area (Å²) in [5.74, 6) is -1.38. The van der Waals surface area contributed by atoms with Gasteiger partial charge in [0.25, 0.3) is 12.3 Å². The second kappa shape index (κ2) is 3.54. The number of nitrogens with zero attached hydrogens (tertiary/aromatic N) is 1. The first-order valence-corrected chi connectivity index (χ1v) is 2.31. The smallest absolute Gasteiger partial charge is 0.310 e. The molecule has 0 spiro atoms. The standard InChI is InChI=1S/C4H4NO5/c6-2-3(5(9)10)1-4(7)8/h3H,1H2,(H,7,8). The quantitative estimate of drug-likeness (QED) is 0.414. The average molecular weight is 146 g/mol. The van der Waals surface area contributed by atoms with E-state index in [0.29, 0.717) is 0 Å². The molecule has 0 rings (SSSR count). The maximum Gasteiger partial charge on any atom is 0.310 e. The van der Waals surface area contributed by atoms with E-state index in [1.54, 1.807) is 0 Å². The van der Waals surface area contributed by atoms with Gasteiger partial charge in [0, 0.05) is 4.92 Å². The van der Waals surface area contributed by atoms with Gasteiger partial charge in [-0.05, 0) is 0 Å². The molecular weight excluding hydrogens is 142 g/mol. The zero-order chi connectivity index (χ0) is 8.15. The molecule has 0 aliphatic carbocycles. The highest BCUT2D eigenvalue weighted by atomic mass is 16.6. The zero-order valence-electron chi connectivity index (χ0n) is 4.81. The lowest BCUT2D eigenvalue weighted by Gasteiger charge is -1.94. The molecule has 0 saturated carbocycles. The molecule has 0 heterocycles. The summed E-state index contributed by atoms with van der Waals surface area (Å²) in [6.07, 6.45) is 0.194. The Morgan fingerprint density at radius 2 is 2.30 bits per heavy atom. The van der Waals surface area contributed by atoms with Gasteiger partial charge in [-0.3, -0.25) is 19.7 Å². The Balaban J connectivity index is 3.96. The van der Waals surface area contributed by atoms with Crippen LogP contribution in [0.25, 0.3) is 0 Å². The Kier molecular flexibility index (Phi) is 3.03. The van der Waals surface area contributed by atoms with E-state index in [2.05, 4.69) is 0 Å². The highest BCUT2D eigenvalue weighted by Crippen LogP contribution is 1.92. The Morgan fingerprint density at radius 1 is 1.80 bits per heavy atom. The SMILES string of the molecule is O=[C]C(CC(=O)O)[N+](=O)[O-]. The number of carbonyl (C=O) groups excluding carboxylic acids is 1. The number of hydrogen-bond acceptors (Lipinski definition) is 4. The van der Waals surface area contributed by atoms with E-state index >= 15 is 0 Å². The maximum atomic E-state index is 9.79. The van der Waals surface area contributed by atoms with Crippen LogP contribution < -0.4 is 0 Å². The molecule has 0 bridgehead atoms. The van der Waals surface area contributed by atoms with Crippen molar-refractivity contribution in [1.29, 1.82) is 0 Å². The summed E-state index contributed by atoms with van der Waals surface area (Å²) in [5, 5.41) is 17.7. The van der Waals surface area contributed by atoms with Gasteiger partial charge in [-0.15, -0.1) is 0 Å². The third-order valence-electron chi connectivity index (χ3n) is 0.758. The highest BCUT2D eigenvalue weighted by molar-refractivity contribution is 5.73. The van der Waals surface area contributed by atoms with Crippen LogP contribution in [0.5, 0.6) is 0 Å². The predicted molar refractivity (Wildman–Crippen MR) is 28.7 cm³/mol. The molecular formula is C4H4NO5. The van der Waals surface area contributed by atoms with E-state index in [9.17, 15) is 19.7 Å². The maximum absolute atomic E-state index is 9.79. The number of nitro groups is 1. The molecule has 0 aromatic rings. The second-order valence-corrected chi connectivity index (χ2v) is 1.52. The van der Waals surface area contributed by atoms with Gasteiger partial charge in [0.2, 0.25) is 0 Å². The van der Waals surface area contributed by atoms with Gasteiger partial charge in [-0.25, -0.2) is 0 Å². The van der Waals surface area contributed by atoms with E-state index < -0.39 is 23.4 Å². The summed E-state index contributed by atoms with van der Waals surface area (Å²) in [5.41, 5.74) is 0. The van der Waals surface area contributed by atoms with Gasteiger partial charge in [-0.2, -0.15) is 0 Å². The van der Waals surface area contributed by atoms with Crippen LogP contribution in [0.1, 0.15) is 6.42 Å². The van der Waals surface area contributed by atoms with Crippen molar-refractivity contribution in [3.05, 3.63) is 10.1 Å². The fourth-order valence-electron chi connectivity index (χ4n) is 0.325. The first kappa shape index (κ1) is 8.54. The lowest BCUT2D eigenvalue weighted by molar-refractivity contribution is -0.501. The summed E-state index contributed by atoms with van der Waals surface area (Å²) in [4.78, 5) is 28.2. The largest absolute Gasteiger partial charge is 0.481 e. The molecule has 0 aliphatic heterocycles. The molecule has 1 radical (unpaired) electrons. The molecule has 6 heteroatoms. The summed E-state index contributed by atoms with van der Waals surface area (Å²) in [6.45, 7) is 0. The molecule has 1 atom stereocenters. The molecule has 6 nitrogen and oxygen atoms in total. The minimum absolute atomic E-state index is 0.809. The van der Waals surface area contributed by atoms with Crippen LogP contribution in [-0.4, -0.2) is 28.3 Å². The van der Waals surface area contributed by atoms with Crippen molar-refractivity contribution >= 4 is 12.3 Å². The third kappa shape index (κ3) is 2.75. The van der Waals surface area contributed by atoms with E-state index in [0.717, 1.165) is 6.29 Å². The fourth-order valence-corrected chi connectivity index (χ4v) is 0.325. The average Bonchev–Trinajstić information content (AvgIpc) is 1.81. The van der Waals surface area contributed by atoms with Crippen LogP contribution in [0.4, 0.5) is 0 Å². The van der Waals surface area contributed by atoms with Gasteiger partial charge in [0.15, 0.2) is 0 Å². The van der Waals surface area contributed by atoms with Crippen molar-refractivity contribution in [2.45, 2.75) is 12.5 Å². The molecule has 0 saturated heterocycles. The highest BCUT2D eigenvalue weighted by Gasteiger charge is 2.23. The normalized spacial score (nSPS) is 12.0. The molecule has 0 amide bonds. The number of carboxylic acid groups (broad SMARTS) is 1. The molecule has 10 heavy (non-hydrogen) atoms. The molecule has 1 N–H and O–H groups in total. The third-order valence-corrected chi connectivity index (χ3v) is 0.758. The van der Waals surface area contributed by atoms with Crippen molar-refractivity contribution < 1.29 is 19.6 Å². The summed E-state index contributed by atoms with van der Waals surface area (Å²) >= 11 is 0.